The monoisotopic (exact) mass is 205 g/mol. The van der Waals surface area contributed by atoms with E-state index in [-0.39, 0.29) is 11.6 Å². The SMILES string of the molecule is CC(C)n1ncc2nccc(C(=O)O)c21. The van der Waals surface area contributed by atoms with Crippen molar-refractivity contribution >= 4 is 17.0 Å². The minimum Gasteiger partial charge on any atom is -0.478 e. The number of aromatic nitrogens is 3. The van der Waals surface area contributed by atoms with Gasteiger partial charge in [-0.1, -0.05) is 0 Å². The molecular weight excluding hydrogens is 194 g/mol. The molecule has 0 saturated heterocycles. The summed E-state index contributed by atoms with van der Waals surface area (Å²) in [4.78, 5) is 15.1. The molecule has 0 radical (unpaired) electrons. The third-order valence-electron chi connectivity index (χ3n) is 2.21. The van der Waals surface area contributed by atoms with Crippen LogP contribution < -0.4 is 0 Å². The van der Waals surface area contributed by atoms with E-state index in [9.17, 15) is 4.79 Å². The number of aromatic carboxylic acids is 1. The van der Waals surface area contributed by atoms with E-state index in [1.54, 1.807) is 10.9 Å². The predicted molar refractivity (Wildman–Crippen MR) is 54.9 cm³/mol. The van der Waals surface area contributed by atoms with E-state index in [0.29, 0.717) is 11.0 Å². The highest BCUT2D eigenvalue weighted by molar-refractivity contribution is 6.00. The molecule has 2 aromatic heterocycles. The molecule has 0 spiro atoms. The van der Waals surface area contributed by atoms with Crippen LogP contribution in [-0.2, 0) is 0 Å². The summed E-state index contributed by atoms with van der Waals surface area (Å²) in [5.74, 6) is -0.954. The molecule has 15 heavy (non-hydrogen) atoms. The molecule has 2 aromatic rings. The number of pyridine rings is 1. The van der Waals surface area contributed by atoms with Gasteiger partial charge in [0.15, 0.2) is 0 Å². The lowest BCUT2D eigenvalue weighted by molar-refractivity contribution is 0.0698. The van der Waals surface area contributed by atoms with Crippen molar-refractivity contribution in [3.63, 3.8) is 0 Å². The standard InChI is InChI=1S/C10H11N3O2/c1-6(2)13-9-7(10(14)15)3-4-11-8(9)5-12-13/h3-6H,1-2H3,(H,14,15). The number of hydrogen-bond acceptors (Lipinski definition) is 3. The van der Waals surface area contributed by atoms with E-state index >= 15 is 0 Å². The first-order valence-corrected chi connectivity index (χ1v) is 4.66. The molecule has 0 atom stereocenters. The maximum atomic E-state index is 11.0. The van der Waals surface area contributed by atoms with Gasteiger partial charge in [-0.05, 0) is 19.9 Å². The molecule has 0 aliphatic heterocycles. The third kappa shape index (κ3) is 1.45. The van der Waals surface area contributed by atoms with Gasteiger partial charge in [0.2, 0.25) is 0 Å². The smallest absolute Gasteiger partial charge is 0.338 e. The molecule has 0 bridgehead atoms. The number of carboxylic acids is 1. The maximum Gasteiger partial charge on any atom is 0.338 e. The molecule has 0 amide bonds. The summed E-state index contributed by atoms with van der Waals surface area (Å²) in [6, 6.07) is 1.61. The Morgan fingerprint density at radius 2 is 2.27 bits per heavy atom. The Morgan fingerprint density at radius 1 is 1.53 bits per heavy atom. The number of rotatable bonds is 2. The van der Waals surface area contributed by atoms with Crippen LogP contribution in [0.2, 0.25) is 0 Å². The lowest BCUT2D eigenvalue weighted by Crippen LogP contribution is -2.07. The van der Waals surface area contributed by atoms with Crippen molar-refractivity contribution in [2.24, 2.45) is 0 Å². The normalized spacial score (nSPS) is 11.1. The molecule has 1 N–H and O–H groups in total. The van der Waals surface area contributed by atoms with Crippen LogP contribution in [0.15, 0.2) is 18.5 Å². The molecule has 0 aliphatic rings. The second-order valence-electron chi connectivity index (χ2n) is 3.58. The first kappa shape index (κ1) is 9.64. The van der Waals surface area contributed by atoms with E-state index in [4.69, 9.17) is 5.11 Å². The first-order valence-electron chi connectivity index (χ1n) is 4.66. The summed E-state index contributed by atoms with van der Waals surface area (Å²) in [5.41, 5.74) is 1.44. The average Bonchev–Trinajstić information content (AvgIpc) is 2.60. The van der Waals surface area contributed by atoms with E-state index in [1.807, 2.05) is 13.8 Å². The summed E-state index contributed by atoms with van der Waals surface area (Å²) in [6.07, 6.45) is 3.07. The molecule has 0 fully saturated rings. The van der Waals surface area contributed by atoms with E-state index < -0.39 is 5.97 Å². The van der Waals surface area contributed by atoms with Crippen molar-refractivity contribution < 1.29 is 9.90 Å². The molecule has 0 aromatic carbocycles. The van der Waals surface area contributed by atoms with Crippen LogP contribution in [0.3, 0.4) is 0 Å². The molecule has 0 aliphatic carbocycles. The molecule has 5 heteroatoms. The van der Waals surface area contributed by atoms with Gasteiger partial charge < -0.3 is 5.11 Å². The topological polar surface area (TPSA) is 68.0 Å². The van der Waals surface area contributed by atoms with Crippen LogP contribution in [0.1, 0.15) is 30.2 Å². The highest BCUT2D eigenvalue weighted by Crippen LogP contribution is 2.19. The molecule has 0 unspecified atom stereocenters. The van der Waals surface area contributed by atoms with Crippen molar-refractivity contribution in [1.29, 1.82) is 0 Å². The lowest BCUT2D eigenvalue weighted by Gasteiger charge is -2.08. The summed E-state index contributed by atoms with van der Waals surface area (Å²) >= 11 is 0. The minimum absolute atomic E-state index is 0.116. The number of carbonyl (C=O) groups is 1. The van der Waals surface area contributed by atoms with Crippen LogP contribution in [0.4, 0.5) is 0 Å². The molecule has 2 rings (SSSR count). The van der Waals surface area contributed by atoms with Crippen molar-refractivity contribution in [3.8, 4) is 0 Å². The first-order chi connectivity index (χ1) is 7.11. The number of nitrogens with zero attached hydrogens (tertiary/aromatic N) is 3. The number of hydrogen-bond donors (Lipinski definition) is 1. The van der Waals surface area contributed by atoms with Crippen molar-refractivity contribution in [3.05, 3.63) is 24.0 Å². The fourth-order valence-corrected chi connectivity index (χ4v) is 1.54. The number of fused-ring (bicyclic) bond motifs is 1. The van der Waals surface area contributed by atoms with Gasteiger partial charge in [-0.15, -0.1) is 0 Å². The van der Waals surface area contributed by atoms with Gasteiger partial charge in [0.1, 0.15) is 11.0 Å². The van der Waals surface area contributed by atoms with Gasteiger partial charge in [0.25, 0.3) is 0 Å². The van der Waals surface area contributed by atoms with E-state index in [0.717, 1.165) is 0 Å². The van der Waals surface area contributed by atoms with Gasteiger partial charge in [0.05, 0.1) is 11.8 Å². The van der Waals surface area contributed by atoms with Crippen LogP contribution >= 0.6 is 0 Å². The van der Waals surface area contributed by atoms with Crippen molar-refractivity contribution in [2.75, 3.05) is 0 Å². The Balaban J connectivity index is 2.80. The van der Waals surface area contributed by atoms with Gasteiger partial charge in [-0.3, -0.25) is 9.67 Å². The zero-order valence-corrected chi connectivity index (χ0v) is 8.51. The Bertz CT molecular complexity index is 516. The Labute approximate surface area is 86.4 Å². The lowest BCUT2D eigenvalue weighted by atomic mass is 10.2. The summed E-state index contributed by atoms with van der Waals surface area (Å²) in [6.45, 7) is 3.90. The van der Waals surface area contributed by atoms with Crippen LogP contribution in [-0.4, -0.2) is 25.8 Å². The van der Waals surface area contributed by atoms with Crippen molar-refractivity contribution in [1.82, 2.24) is 14.8 Å². The fourth-order valence-electron chi connectivity index (χ4n) is 1.54. The maximum absolute atomic E-state index is 11.0. The summed E-state index contributed by atoms with van der Waals surface area (Å²) in [7, 11) is 0. The minimum atomic E-state index is -0.954. The molecule has 0 saturated carbocycles. The third-order valence-corrected chi connectivity index (χ3v) is 2.21. The zero-order valence-electron chi connectivity index (χ0n) is 8.51. The highest BCUT2D eigenvalue weighted by atomic mass is 16.4. The largest absolute Gasteiger partial charge is 0.478 e. The van der Waals surface area contributed by atoms with E-state index in [1.165, 1.54) is 12.3 Å². The predicted octanol–water partition coefficient (Wildman–Crippen LogP) is 1.71. The fraction of sp³-hybridized carbons (Fsp3) is 0.300. The molecular formula is C10H11N3O2. The van der Waals surface area contributed by atoms with Gasteiger partial charge >= 0.3 is 5.97 Å². The quantitative estimate of drug-likeness (QED) is 0.810. The Hall–Kier alpha value is -1.91. The van der Waals surface area contributed by atoms with Crippen LogP contribution in [0, 0.1) is 0 Å². The van der Waals surface area contributed by atoms with Crippen molar-refractivity contribution in [2.45, 2.75) is 19.9 Å². The Kier molecular flexibility index (Phi) is 2.15. The second-order valence-corrected chi connectivity index (χ2v) is 3.58. The molecule has 5 nitrogen and oxygen atoms in total. The van der Waals surface area contributed by atoms with E-state index in [2.05, 4.69) is 10.1 Å². The van der Waals surface area contributed by atoms with Crippen LogP contribution in [0.25, 0.3) is 11.0 Å². The second kappa shape index (κ2) is 3.34. The molecule has 2 heterocycles. The van der Waals surface area contributed by atoms with Gasteiger partial charge in [-0.25, -0.2) is 4.79 Å². The zero-order chi connectivity index (χ0) is 11.0. The number of carboxylic acid groups (broad SMARTS) is 1. The van der Waals surface area contributed by atoms with Gasteiger partial charge in [-0.2, -0.15) is 5.10 Å². The molecule has 78 valence electrons. The average molecular weight is 205 g/mol. The Morgan fingerprint density at radius 3 is 2.87 bits per heavy atom. The summed E-state index contributed by atoms with van der Waals surface area (Å²) in [5, 5.41) is 13.2. The van der Waals surface area contributed by atoms with Crippen LogP contribution in [0.5, 0.6) is 0 Å². The van der Waals surface area contributed by atoms with Gasteiger partial charge in [0, 0.05) is 12.2 Å². The highest BCUT2D eigenvalue weighted by Gasteiger charge is 2.15. The summed E-state index contributed by atoms with van der Waals surface area (Å²) < 4.78 is 1.67.